The van der Waals surface area contributed by atoms with Crippen molar-refractivity contribution in [1.29, 1.82) is 0 Å². The summed E-state index contributed by atoms with van der Waals surface area (Å²) < 4.78 is 12.5. The Morgan fingerprint density at radius 2 is 1.70 bits per heavy atom. The fraction of sp³-hybridized carbons (Fsp3) is 0.240. The molecule has 0 saturated heterocycles. The zero-order valence-electron chi connectivity index (χ0n) is 17.4. The molecule has 0 amide bonds. The molecule has 1 spiro atoms. The number of carbonyl (C=O) groups excluding carboxylic acids is 1. The Balaban J connectivity index is 1.82. The van der Waals surface area contributed by atoms with Gasteiger partial charge in [-0.15, -0.1) is 0 Å². The molecule has 0 saturated carbocycles. The molecule has 0 fully saturated rings. The number of fused-ring (bicyclic) bond motifs is 6. The van der Waals surface area contributed by atoms with Crippen LogP contribution in [0.5, 0.6) is 11.5 Å². The van der Waals surface area contributed by atoms with E-state index in [1.54, 1.807) is 0 Å². The van der Waals surface area contributed by atoms with Crippen molar-refractivity contribution < 1.29 is 14.3 Å². The minimum atomic E-state index is -1.02. The predicted octanol–water partition coefficient (Wildman–Crippen LogP) is 5.14. The summed E-state index contributed by atoms with van der Waals surface area (Å²) >= 11 is 0. The van der Waals surface area contributed by atoms with Crippen molar-refractivity contribution in [3.8, 4) is 11.5 Å². The predicted molar refractivity (Wildman–Crippen MR) is 118 cm³/mol. The summed E-state index contributed by atoms with van der Waals surface area (Å²) in [4.78, 5) is 15.2. The molecule has 1 N–H and O–H groups in total. The maximum atomic E-state index is 12.9. The molecule has 2 heterocycles. The van der Waals surface area contributed by atoms with Crippen molar-refractivity contribution in [3.05, 3.63) is 82.9 Å². The number of hydrogen-bond donors (Lipinski definition) is 1. The van der Waals surface area contributed by atoms with E-state index in [-0.39, 0.29) is 5.97 Å². The molecule has 152 valence electrons. The van der Waals surface area contributed by atoms with Gasteiger partial charge in [-0.25, -0.2) is 4.79 Å². The molecule has 0 radical (unpaired) electrons. The van der Waals surface area contributed by atoms with Crippen LogP contribution < -0.4 is 15.0 Å². The van der Waals surface area contributed by atoms with E-state index in [1.807, 2.05) is 55.6 Å². The zero-order chi connectivity index (χ0) is 20.9. The summed E-state index contributed by atoms with van der Waals surface area (Å²) in [7, 11) is 1.87. The maximum absolute atomic E-state index is 12.9. The van der Waals surface area contributed by atoms with E-state index in [0.717, 1.165) is 41.2 Å². The molecule has 30 heavy (non-hydrogen) atoms. The third kappa shape index (κ3) is 2.45. The number of esters is 1. The van der Waals surface area contributed by atoms with E-state index < -0.39 is 5.60 Å². The Morgan fingerprint density at radius 3 is 2.47 bits per heavy atom. The average Bonchev–Trinajstić information content (AvgIpc) is 3.08. The van der Waals surface area contributed by atoms with E-state index in [4.69, 9.17) is 9.47 Å². The lowest BCUT2D eigenvalue weighted by molar-refractivity contribution is 0.0224. The van der Waals surface area contributed by atoms with Gasteiger partial charge in [0.05, 0.1) is 5.56 Å². The fourth-order valence-corrected chi connectivity index (χ4v) is 4.60. The fourth-order valence-electron chi connectivity index (χ4n) is 4.60. The van der Waals surface area contributed by atoms with Gasteiger partial charge >= 0.3 is 5.97 Å². The highest BCUT2D eigenvalue weighted by atomic mass is 16.6. The first-order chi connectivity index (χ1) is 14.6. The van der Waals surface area contributed by atoms with Gasteiger partial charge in [-0.3, -0.25) is 0 Å². The second kappa shape index (κ2) is 6.80. The third-order valence-electron chi connectivity index (χ3n) is 6.11. The van der Waals surface area contributed by atoms with Gasteiger partial charge < -0.3 is 19.7 Å². The second-order valence-electron chi connectivity index (χ2n) is 7.53. The number of benzene rings is 3. The summed E-state index contributed by atoms with van der Waals surface area (Å²) in [5.74, 6) is 1.08. The lowest BCUT2D eigenvalue weighted by Gasteiger charge is -2.37. The number of nitrogens with zero attached hydrogens (tertiary/aromatic N) is 1. The third-order valence-corrected chi connectivity index (χ3v) is 6.11. The smallest absolute Gasteiger partial charge is 0.340 e. The van der Waals surface area contributed by atoms with Gasteiger partial charge in [-0.2, -0.15) is 0 Å². The summed E-state index contributed by atoms with van der Waals surface area (Å²) in [5, 5.41) is 3.15. The molecule has 3 aromatic carbocycles. The van der Waals surface area contributed by atoms with Gasteiger partial charge in [-0.1, -0.05) is 18.2 Å². The molecular formula is C25H24N2O3. The van der Waals surface area contributed by atoms with E-state index in [0.29, 0.717) is 17.1 Å². The highest BCUT2D eigenvalue weighted by Crippen LogP contribution is 2.56. The molecule has 5 nitrogen and oxygen atoms in total. The lowest BCUT2D eigenvalue weighted by atomic mass is 9.77. The number of anilines is 2. The lowest BCUT2D eigenvalue weighted by Crippen LogP contribution is -2.33. The largest absolute Gasteiger partial charge is 0.456 e. The SMILES string of the molecule is CCN(CC)c1ccc2c(c1)C1(OC(=O)c3ccccc31)c1ccc(NC)cc1O2. The molecule has 1 unspecified atom stereocenters. The molecule has 5 heteroatoms. The minimum Gasteiger partial charge on any atom is -0.456 e. The number of rotatable bonds is 4. The van der Waals surface area contributed by atoms with Crippen molar-refractivity contribution in [2.24, 2.45) is 0 Å². The summed E-state index contributed by atoms with van der Waals surface area (Å²) in [6.07, 6.45) is 0. The number of nitrogens with one attached hydrogen (secondary N) is 1. The van der Waals surface area contributed by atoms with Crippen molar-refractivity contribution in [1.82, 2.24) is 0 Å². The van der Waals surface area contributed by atoms with Crippen LogP contribution in [0.25, 0.3) is 0 Å². The van der Waals surface area contributed by atoms with Crippen molar-refractivity contribution in [2.45, 2.75) is 19.4 Å². The molecule has 1 atom stereocenters. The van der Waals surface area contributed by atoms with Crippen LogP contribution in [0.1, 0.15) is 40.9 Å². The molecule has 0 bridgehead atoms. The van der Waals surface area contributed by atoms with Gasteiger partial charge in [0.2, 0.25) is 0 Å². The van der Waals surface area contributed by atoms with Crippen molar-refractivity contribution in [3.63, 3.8) is 0 Å². The Kier molecular flexibility index (Phi) is 4.21. The van der Waals surface area contributed by atoms with Crippen LogP contribution in [0.4, 0.5) is 11.4 Å². The van der Waals surface area contributed by atoms with Crippen molar-refractivity contribution in [2.75, 3.05) is 30.4 Å². The molecule has 5 rings (SSSR count). The van der Waals surface area contributed by atoms with Crippen molar-refractivity contribution >= 4 is 17.3 Å². The standard InChI is InChI=1S/C25H24N2O3/c1-4-27(5-2)17-11-13-22-21(15-17)25(19-9-7-6-8-18(19)24(28)30-25)20-12-10-16(26-3)14-23(20)29-22/h6-15,26H,4-5H2,1-3H3. The maximum Gasteiger partial charge on any atom is 0.340 e. The monoisotopic (exact) mass is 400 g/mol. The Hall–Kier alpha value is -3.47. The van der Waals surface area contributed by atoms with Crippen LogP contribution in [-0.2, 0) is 10.3 Å². The molecular weight excluding hydrogens is 376 g/mol. The van der Waals surface area contributed by atoms with Crippen LogP contribution in [0, 0.1) is 0 Å². The second-order valence-corrected chi connectivity index (χ2v) is 7.53. The summed E-state index contributed by atoms with van der Waals surface area (Å²) in [5.41, 5.74) is 4.14. The minimum absolute atomic E-state index is 0.310. The first-order valence-corrected chi connectivity index (χ1v) is 10.3. The Bertz CT molecular complexity index is 1150. The topological polar surface area (TPSA) is 50.8 Å². The van der Waals surface area contributed by atoms with E-state index in [1.165, 1.54) is 0 Å². The number of carbonyl (C=O) groups is 1. The number of ether oxygens (including phenoxy) is 2. The van der Waals surface area contributed by atoms with Crippen LogP contribution in [0.3, 0.4) is 0 Å². The van der Waals surface area contributed by atoms with E-state index >= 15 is 0 Å². The quantitative estimate of drug-likeness (QED) is 0.615. The van der Waals surface area contributed by atoms with Gasteiger partial charge in [0, 0.05) is 54.3 Å². The zero-order valence-corrected chi connectivity index (χ0v) is 17.4. The first kappa shape index (κ1) is 18.6. The highest BCUT2D eigenvalue weighted by molar-refractivity contribution is 5.97. The van der Waals surface area contributed by atoms with Crippen LogP contribution in [0.15, 0.2) is 60.7 Å². The van der Waals surface area contributed by atoms with Crippen LogP contribution in [0.2, 0.25) is 0 Å². The van der Waals surface area contributed by atoms with Gasteiger partial charge in [0.1, 0.15) is 11.5 Å². The first-order valence-electron chi connectivity index (χ1n) is 10.3. The molecule has 2 aliphatic rings. The van der Waals surface area contributed by atoms with Gasteiger partial charge in [0.25, 0.3) is 0 Å². The van der Waals surface area contributed by atoms with E-state index in [9.17, 15) is 4.79 Å². The van der Waals surface area contributed by atoms with Crippen LogP contribution in [-0.4, -0.2) is 26.1 Å². The van der Waals surface area contributed by atoms with E-state index in [2.05, 4.69) is 36.2 Å². The molecule has 3 aromatic rings. The molecule has 0 aliphatic carbocycles. The number of hydrogen-bond acceptors (Lipinski definition) is 5. The Labute approximate surface area is 176 Å². The molecule has 2 aliphatic heterocycles. The summed E-state index contributed by atoms with van der Waals surface area (Å²) in [6, 6.07) is 19.7. The van der Waals surface area contributed by atoms with Gasteiger partial charge in [-0.05, 0) is 50.2 Å². The Morgan fingerprint density at radius 1 is 0.900 bits per heavy atom. The van der Waals surface area contributed by atoms with Gasteiger partial charge in [0.15, 0.2) is 5.60 Å². The highest BCUT2D eigenvalue weighted by Gasteiger charge is 2.53. The molecule has 0 aromatic heterocycles. The normalized spacial score (nSPS) is 18.2. The summed E-state index contributed by atoms with van der Waals surface area (Å²) in [6.45, 7) is 6.05. The average molecular weight is 400 g/mol. The van der Waals surface area contributed by atoms with Crippen LogP contribution >= 0.6 is 0 Å².